The van der Waals surface area contributed by atoms with E-state index >= 15 is 0 Å². The van der Waals surface area contributed by atoms with Crippen LogP contribution in [0.5, 0.6) is 0 Å². The van der Waals surface area contributed by atoms with E-state index in [9.17, 15) is 0 Å². The largest absolute Gasteiger partial charge is 0.246 e. The van der Waals surface area contributed by atoms with Gasteiger partial charge in [-0.15, -0.1) is 22.9 Å². The van der Waals surface area contributed by atoms with Crippen molar-refractivity contribution in [1.29, 1.82) is 0 Å². The second-order valence-corrected chi connectivity index (χ2v) is 6.42. The highest BCUT2D eigenvalue weighted by Gasteiger charge is 2.09. The first-order valence-corrected chi connectivity index (χ1v) is 6.81. The minimum absolute atomic E-state index is 0.300. The molecule has 86 valence electrons. The van der Waals surface area contributed by atoms with E-state index in [-0.39, 0.29) is 0 Å². The molecule has 1 aromatic heterocycles. The molecule has 0 saturated carbocycles. The molecule has 0 fully saturated rings. The molecule has 1 nitrogen and oxygen atoms in total. The lowest BCUT2D eigenvalue weighted by molar-refractivity contribution is 0.544. The summed E-state index contributed by atoms with van der Waals surface area (Å²) in [5.74, 6) is 0.687. The van der Waals surface area contributed by atoms with Gasteiger partial charge in [-0.25, -0.2) is 4.98 Å². The summed E-state index contributed by atoms with van der Waals surface area (Å²) in [5.41, 5.74) is 1.17. The van der Waals surface area contributed by atoms with Crippen LogP contribution in [-0.4, -0.2) is 10.4 Å². The average molecular weight is 246 g/mol. The van der Waals surface area contributed by atoms with Crippen LogP contribution >= 0.6 is 22.9 Å². The number of rotatable bonds is 5. The predicted octanol–water partition coefficient (Wildman–Crippen LogP) is 4.35. The molecule has 1 rings (SSSR count). The van der Waals surface area contributed by atoms with Gasteiger partial charge in [0, 0.05) is 16.7 Å². The maximum absolute atomic E-state index is 6.25. The molecule has 3 heteroatoms. The lowest BCUT2D eigenvalue weighted by atomic mass is 10.1. The second-order valence-electron chi connectivity index (χ2n) is 4.51. The summed E-state index contributed by atoms with van der Waals surface area (Å²) in [6.07, 6.45) is 3.18. The molecule has 0 aliphatic carbocycles. The molecular formula is C12H20ClNS. The average Bonchev–Trinajstić information content (AvgIpc) is 2.42. The van der Waals surface area contributed by atoms with Crippen molar-refractivity contribution in [2.45, 2.75) is 52.3 Å². The summed E-state index contributed by atoms with van der Waals surface area (Å²) >= 11 is 8.05. The Kier molecular flexibility index (Phi) is 5.07. The van der Waals surface area contributed by atoms with Crippen molar-refractivity contribution in [3.63, 3.8) is 0 Å². The number of aryl methyl sites for hydroxylation is 3. The van der Waals surface area contributed by atoms with Crippen LogP contribution in [0.1, 0.15) is 42.3 Å². The van der Waals surface area contributed by atoms with Gasteiger partial charge in [0.2, 0.25) is 0 Å². The van der Waals surface area contributed by atoms with Crippen molar-refractivity contribution >= 4 is 22.9 Å². The van der Waals surface area contributed by atoms with Gasteiger partial charge in [-0.3, -0.25) is 0 Å². The second kappa shape index (κ2) is 5.86. The summed E-state index contributed by atoms with van der Waals surface area (Å²) in [6, 6.07) is 0. The Labute approximate surface area is 102 Å². The van der Waals surface area contributed by atoms with Crippen molar-refractivity contribution in [3.05, 3.63) is 15.6 Å². The topological polar surface area (TPSA) is 12.9 Å². The quantitative estimate of drug-likeness (QED) is 0.703. The van der Waals surface area contributed by atoms with E-state index < -0.39 is 0 Å². The third-order valence-electron chi connectivity index (χ3n) is 2.47. The van der Waals surface area contributed by atoms with Gasteiger partial charge in [-0.1, -0.05) is 13.8 Å². The van der Waals surface area contributed by atoms with Crippen molar-refractivity contribution in [1.82, 2.24) is 4.98 Å². The molecule has 0 amide bonds. The minimum Gasteiger partial charge on any atom is -0.246 e. The first-order chi connectivity index (χ1) is 6.99. The monoisotopic (exact) mass is 245 g/mol. The van der Waals surface area contributed by atoms with Crippen LogP contribution in [-0.2, 0) is 6.42 Å². The van der Waals surface area contributed by atoms with Crippen LogP contribution in [0.25, 0.3) is 0 Å². The number of thiazole rings is 1. The number of hydrogen-bond donors (Lipinski definition) is 0. The smallest absolute Gasteiger partial charge is 0.0931 e. The molecule has 1 unspecified atom stereocenters. The predicted molar refractivity (Wildman–Crippen MR) is 69.0 cm³/mol. The molecule has 0 radical (unpaired) electrons. The maximum Gasteiger partial charge on any atom is 0.0931 e. The summed E-state index contributed by atoms with van der Waals surface area (Å²) in [6.45, 7) is 8.63. The van der Waals surface area contributed by atoms with E-state index in [1.807, 2.05) is 0 Å². The van der Waals surface area contributed by atoms with Crippen molar-refractivity contribution in [2.75, 3.05) is 0 Å². The van der Waals surface area contributed by atoms with E-state index in [0.29, 0.717) is 11.3 Å². The third kappa shape index (κ3) is 4.52. The Balaban J connectivity index is 2.36. The van der Waals surface area contributed by atoms with Gasteiger partial charge in [0.25, 0.3) is 0 Å². The van der Waals surface area contributed by atoms with Gasteiger partial charge in [0.15, 0.2) is 0 Å². The molecule has 0 N–H and O–H groups in total. The molecule has 0 spiro atoms. The zero-order valence-corrected chi connectivity index (χ0v) is 11.6. The van der Waals surface area contributed by atoms with E-state index in [1.165, 1.54) is 15.6 Å². The van der Waals surface area contributed by atoms with Gasteiger partial charge < -0.3 is 0 Å². The highest BCUT2D eigenvalue weighted by molar-refractivity contribution is 7.11. The summed E-state index contributed by atoms with van der Waals surface area (Å²) in [7, 11) is 0. The maximum atomic E-state index is 6.25. The zero-order valence-electron chi connectivity index (χ0n) is 10.0. The lowest BCUT2D eigenvalue weighted by Crippen LogP contribution is -2.04. The fraction of sp³-hybridized carbons (Fsp3) is 0.750. The molecule has 1 aromatic rings. The van der Waals surface area contributed by atoms with E-state index in [2.05, 4.69) is 32.7 Å². The van der Waals surface area contributed by atoms with Crippen LogP contribution in [0.3, 0.4) is 0 Å². The van der Waals surface area contributed by atoms with Gasteiger partial charge in [-0.2, -0.15) is 0 Å². The van der Waals surface area contributed by atoms with Crippen LogP contribution < -0.4 is 0 Å². The molecule has 15 heavy (non-hydrogen) atoms. The van der Waals surface area contributed by atoms with E-state index in [4.69, 9.17) is 11.6 Å². The Morgan fingerprint density at radius 2 is 2.00 bits per heavy atom. The molecule has 0 saturated heterocycles. The van der Waals surface area contributed by atoms with Crippen molar-refractivity contribution < 1.29 is 0 Å². The minimum atomic E-state index is 0.300. The normalized spacial score (nSPS) is 13.5. The Morgan fingerprint density at radius 1 is 1.33 bits per heavy atom. The first kappa shape index (κ1) is 13.0. The van der Waals surface area contributed by atoms with Gasteiger partial charge in [0.05, 0.1) is 10.7 Å². The third-order valence-corrected chi connectivity index (χ3v) is 4.00. The Morgan fingerprint density at radius 3 is 2.47 bits per heavy atom. The standard InChI is InChI=1S/C12H20ClNS/c1-8(2)7-11(13)5-6-12-14-9(3)10(4)15-12/h8,11H,5-7H2,1-4H3. The van der Waals surface area contributed by atoms with Crippen LogP contribution in [0.2, 0.25) is 0 Å². The summed E-state index contributed by atoms with van der Waals surface area (Å²) in [4.78, 5) is 5.85. The molecule has 0 aromatic carbocycles. The summed E-state index contributed by atoms with van der Waals surface area (Å²) in [5, 5.41) is 1.54. The molecule has 1 heterocycles. The fourth-order valence-corrected chi connectivity index (χ4v) is 2.97. The highest BCUT2D eigenvalue weighted by atomic mass is 35.5. The molecular weight excluding hydrogens is 226 g/mol. The summed E-state index contributed by atoms with van der Waals surface area (Å²) < 4.78 is 0. The van der Waals surface area contributed by atoms with Crippen LogP contribution in [0.15, 0.2) is 0 Å². The number of hydrogen-bond acceptors (Lipinski definition) is 2. The Bertz CT molecular complexity index is 287. The first-order valence-electron chi connectivity index (χ1n) is 5.56. The fourth-order valence-electron chi connectivity index (χ4n) is 1.56. The molecule has 0 bridgehead atoms. The molecule has 0 aliphatic heterocycles. The lowest BCUT2D eigenvalue weighted by Gasteiger charge is -2.10. The van der Waals surface area contributed by atoms with Crippen LogP contribution in [0.4, 0.5) is 0 Å². The SMILES string of the molecule is Cc1nc(CCC(Cl)CC(C)C)sc1C. The van der Waals surface area contributed by atoms with E-state index in [0.717, 1.165) is 19.3 Å². The molecule has 0 aliphatic rings. The van der Waals surface area contributed by atoms with Gasteiger partial charge >= 0.3 is 0 Å². The number of aromatic nitrogens is 1. The van der Waals surface area contributed by atoms with Crippen molar-refractivity contribution in [3.8, 4) is 0 Å². The van der Waals surface area contributed by atoms with Gasteiger partial charge in [0.1, 0.15) is 0 Å². The van der Waals surface area contributed by atoms with Gasteiger partial charge in [-0.05, 0) is 32.6 Å². The molecule has 1 atom stereocenters. The number of alkyl halides is 1. The van der Waals surface area contributed by atoms with E-state index in [1.54, 1.807) is 11.3 Å². The van der Waals surface area contributed by atoms with Crippen molar-refractivity contribution in [2.24, 2.45) is 5.92 Å². The number of nitrogens with zero attached hydrogens (tertiary/aromatic N) is 1. The van der Waals surface area contributed by atoms with Crippen LogP contribution in [0, 0.1) is 19.8 Å². The number of halogens is 1. The zero-order chi connectivity index (χ0) is 11.4. The Hall–Kier alpha value is -0.0800. The highest BCUT2D eigenvalue weighted by Crippen LogP contribution is 2.21.